The summed E-state index contributed by atoms with van der Waals surface area (Å²) >= 11 is 1.79. The Morgan fingerprint density at radius 1 is 1.30 bits per heavy atom. The SMILES string of the molecule is O=C(CC1CCCC1)Nc1ccccc1-c1cn2c(n1)SCC2. The number of fused-ring (bicyclic) bond motifs is 1. The lowest BCUT2D eigenvalue weighted by Crippen LogP contribution is -2.15. The molecule has 0 spiro atoms. The van der Waals surface area contributed by atoms with Crippen molar-refractivity contribution >= 4 is 23.4 Å². The first-order valence-electron chi connectivity index (χ1n) is 8.39. The van der Waals surface area contributed by atoms with E-state index in [1.165, 1.54) is 25.7 Å². The van der Waals surface area contributed by atoms with Gasteiger partial charge >= 0.3 is 0 Å². The van der Waals surface area contributed by atoms with E-state index in [0.717, 1.165) is 34.4 Å². The number of thioether (sulfide) groups is 1. The van der Waals surface area contributed by atoms with Crippen LogP contribution in [0.25, 0.3) is 11.3 Å². The van der Waals surface area contributed by atoms with Gasteiger partial charge in [0, 0.05) is 30.5 Å². The van der Waals surface area contributed by atoms with Crippen molar-refractivity contribution < 1.29 is 4.79 Å². The average Bonchev–Trinajstić information content (AvgIpc) is 3.24. The van der Waals surface area contributed by atoms with Crippen LogP contribution >= 0.6 is 11.8 Å². The van der Waals surface area contributed by atoms with Crippen molar-refractivity contribution in [2.24, 2.45) is 5.92 Å². The smallest absolute Gasteiger partial charge is 0.224 e. The van der Waals surface area contributed by atoms with Gasteiger partial charge in [0.25, 0.3) is 0 Å². The molecule has 1 aliphatic heterocycles. The van der Waals surface area contributed by atoms with Gasteiger partial charge in [-0.05, 0) is 24.8 Å². The maximum absolute atomic E-state index is 12.4. The predicted molar refractivity (Wildman–Crippen MR) is 93.6 cm³/mol. The standard InChI is InChI=1S/C18H21N3OS/c22-17(11-13-5-1-2-6-13)19-15-8-4-3-7-14(15)16-12-21-9-10-23-18(21)20-16/h3-4,7-8,12-13H,1-2,5-6,9-11H2,(H,19,22). The molecule has 1 aromatic carbocycles. The van der Waals surface area contributed by atoms with Gasteiger partial charge in [-0.1, -0.05) is 42.8 Å². The molecule has 120 valence electrons. The summed E-state index contributed by atoms with van der Waals surface area (Å²) in [5.74, 6) is 1.79. The number of anilines is 1. The maximum Gasteiger partial charge on any atom is 0.224 e. The zero-order valence-electron chi connectivity index (χ0n) is 13.1. The predicted octanol–water partition coefficient (Wildman–Crippen LogP) is 4.17. The maximum atomic E-state index is 12.4. The van der Waals surface area contributed by atoms with Gasteiger partial charge in [-0.15, -0.1) is 0 Å². The van der Waals surface area contributed by atoms with E-state index in [9.17, 15) is 4.79 Å². The van der Waals surface area contributed by atoms with Crippen molar-refractivity contribution in [2.75, 3.05) is 11.1 Å². The molecule has 4 rings (SSSR count). The molecule has 5 heteroatoms. The molecule has 2 aromatic rings. The van der Waals surface area contributed by atoms with E-state index in [-0.39, 0.29) is 5.91 Å². The minimum absolute atomic E-state index is 0.130. The second-order valence-corrected chi connectivity index (χ2v) is 7.46. The Kier molecular flexibility index (Phi) is 4.12. The summed E-state index contributed by atoms with van der Waals surface area (Å²) in [6, 6.07) is 7.97. The number of para-hydroxylation sites is 1. The molecule has 2 aliphatic rings. The number of amides is 1. The summed E-state index contributed by atoms with van der Waals surface area (Å²) in [4.78, 5) is 17.1. The number of aryl methyl sites for hydroxylation is 1. The van der Waals surface area contributed by atoms with E-state index in [0.29, 0.717) is 12.3 Å². The first kappa shape index (κ1) is 14.8. The van der Waals surface area contributed by atoms with Crippen molar-refractivity contribution in [2.45, 2.75) is 43.8 Å². The monoisotopic (exact) mass is 327 g/mol. The number of aromatic nitrogens is 2. The Morgan fingerprint density at radius 2 is 2.13 bits per heavy atom. The van der Waals surface area contributed by atoms with E-state index in [2.05, 4.69) is 16.1 Å². The quantitative estimate of drug-likeness (QED) is 0.916. The van der Waals surface area contributed by atoms with Crippen molar-refractivity contribution in [3.63, 3.8) is 0 Å². The topological polar surface area (TPSA) is 46.9 Å². The van der Waals surface area contributed by atoms with Crippen molar-refractivity contribution in [1.82, 2.24) is 9.55 Å². The van der Waals surface area contributed by atoms with Gasteiger partial charge in [-0.2, -0.15) is 0 Å². The zero-order chi connectivity index (χ0) is 15.6. The average molecular weight is 327 g/mol. The van der Waals surface area contributed by atoms with Crippen molar-refractivity contribution in [3.05, 3.63) is 30.5 Å². The summed E-state index contributed by atoms with van der Waals surface area (Å²) in [5.41, 5.74) is 2.83. The molecule has 4 nitrogen and oxygen atoms in total. The van der Waals surface area contributed by atoms with Crippen LogP contribution in [0.5, 0.6) is 0 Å². The van der Waals surface area contributed by atoms with E-state index in [1.54, 1.807) is 11.8 Å². The van der Waals surface area contributed by atoms with Crippen LogP contribution in [-0.2, 0) is 11.3 Å². The first-order valence-corrected chi connectivity index (χ1v) is 9.37. The fourth-order valence-corrected chi connectivity index (χ4v) is 4.48. The molecule has 1 aromatic heterocycles. The number of benzene rings is 1. The highest BCUT2D eigenvalue weighted by atomic mass is 32.2. The fraction of sp³-hybridized carbons (Fsp3) is 0.444. The molecule has 0 radical (unpaired) electrons. The first-order chi connectivity index (χ1) is 11.3. The second kappa shape index (κ2) is 6.40. The van der Waals surface area contributed by atoms with E-state index < -0.39 is 0 Å². The summed E-state index contributed by atoms with van der Waals surface area (Å²) in [6.07, 6.45) is 7.67. The lowest BCUT2D eigenvalue weighted by molar-refractivity contribution is -0.117. The molecular weight excluding hydrogens is 306 g/mol. The second-order valence-electron chi connectivity index (χ2n) is 6.40. The lowest BCUT2D eigenvalue weighted by atomic mass is 10.0. The molecule has 0 unspecified atom stereocenters. The Labute approximate surface area is 140 Å². The largest absolute Gasteiger partial charge is 0.325 e. The number of carbonyl (C=O) groups is 1. The molecule has 1 fully saturated rings. The fourth-order valence-electron chi connectivity index (χ4n) is 3.53. The molecule has 2 heterocycles. The summed E-state index contributed by atoms with van der Waals surface area (Å²) in [5, 5.41) is 4.18. The van der Waals surface area contributed by atoms with Gasteiger partial charge in [0.2, 0.25) is 5.91 Å². The number of imidazole rings is 1. The van der Waals surface area contributed by atoms with Gasteiger partial charge < -0.3 is 9.88 Å². The molecule has 23 heavy (non-hydrogen) atoms. The third kappa shape index (κ3) is 3.15. The van der Waals surface area contributed by atoms with Crippen LogP contribution in [0, 0.1) is 5.92 Å². The number of nitrogens with zero attached hydrogens (tertiary/aromatic N) is 2. The van der Waals surface area contributed by atoms with Gasteiger partial charge in [0.15, 0.2) is 5.16 Å². The number of hydrogen-bond acceptors (Lipinski definition) is 3. The molecule has 1 aliphatic carbocycles. The van der Waals surface area contributed by atoms with Gasteiger partial charge in [0.05, 0.1) is 11.4 Å². The number of nitrogens with one attached hydrogen (secondary N) is 1. The minimum atomic E-state index is 0.130. The Balaban J connectivity index is 1.53. The molecule has 0 atom stereocenters. The van der Waals surface area contributed by atoms with E-state index >= 15 is 0 Å². The van der Waals surface area contributed by atoms with Crippen LogP contribution in [-0.4, -0.2) is 21.2 Å². The molecule has 0 bridgehead atoms. The zero-order valence-corrected chi connectivity index (χ0v) is 13.9. The Morgan fingerprint density at radius 3 is 2.96 bits per heavy atom. The molecule has 1 saturated carbocycles. The van der Waals surface area contributed by atoms with Crippen LogP contribution in [0.3, 0.4) is 0 Å². The van der Waals surface area contributed by atoms with Crippen LogP contribution in [0.4, 0.5) is 5.69 Å². The Bertz CT molecular complexity index is 697. The molecular formula is C18H21N3OS. The van der Waals surface area contributed by atoms with Crippen molar-refractivity contribution in [1.29, 1.82) is 0 Å². The summed E-state index contributed by atoms with van der Waals surface area (Å²) in [7, 11) is 0. The van der Waals surface area contributed by atoms with Crippen molar-refractivity contribution in [3.8, 4) is 11.3 Å². The summed E-state index contributed by atoms with van der Waals surface area (Å²) in [6.45, 7) is 1.02. The summed E-state index contributed by atoms with van der Waals surface area (Å²) < 4.78 is 2.19. The third-order valence-electron chi connectivity index (χ3n) is 4.73. The highest BCUT2D eigenvalue weighted by molar-refractivity contribution is 7.99. The van der Waals surface area contributed by atoms with E-state index in [1.807, 2.05) is 24.3 Å². The number of carbonyl (C=O) groups excluding carboxylic acids is 1. The normalized spacial score (nSPS) is 17.4. The molecule has 1 N–H and O–H groups in total. The molecule has 1 amide bonds. The number of rotatable bonds is 4. The van der Waals surface area contributed by atoms with Gasteiger partial charge in [-0.25, -0.2) is 4.98 Å². The highest BCUT2D eigenvalue weighted by Crippen LogP contribution is 2.33. The Hall–Kier alpha value is -1.75. The number of hydrogen-bond donors (Lipinski definition) is 1. The van der Waals surface area contributed by atoms with Crippen LogP contribution < -0.4 is 5.32 Å². The van der Waals surface area contributed by atoms with Crippen LogP contribution in [0.2, 0.25) is 0 Å². The third-order valence-corrected chi connectivity index (χ3v) is 5.70. The highest BCUT2D eigenvalue weighted by Gasteiger charge is 2.20. The van der Waals surface area contributed by atoms with Crippen LogP contribution in [0.1, 0.15) is 32.1 Å². The van der Waals surface area contributed by atoms with E-state index in [4.69, 9.17) is 4.98 Å². The lowest BCUT2D eigenvalue weighted by Gasteiger charge is -2.12. The molecule has 0 saturated heterocycles. The van der Waals surface area contributed by atoms with Gasteiger partial charge in [0.1, 0.15) is 0 Å². The minimum Gasteiger partial charge on any atom is -0.325 e. The van der Waals surface area contributed by atoms with Gasteiger partial charge in [-0.3, -0.25) is 4.79 Å². The van der Waals surface area contributed by atoms with Crippen LogP contribution in [0.15, 0.2) is 35.6 Å².